The fourth-order valence-electron chi connectivity index (χ4n) is 2.39. The maximum absolute atomic E-state index is 11.5. The SMILES string of the molecule is Cl.NC1CCC2(CCNC2=O)CC1. The van der Waals surface area contributed by atoms with Gasteiger partial charge in [-0.3, -0.25) is 4.79 Å². The van der Waals surface area contributed by atoms with Crippen molar-refractivity contribution in [1.29, 1.82) is 0 Å². The average Bonchev–Trinajstić information content (AvgIpc) is 2.41. The lowest BCUT2D eigenvalue weighted by atomic mass is 9.72. The van der Waals surface area contributed by atoms with Crippen molar-refractivity contribution in [3.8, 4) is 0 Å². The molecule has 1 saturated heterocycles. The molecule has 1 saturated carbocycles. The molecule has 0 aromatic rings. The van der Waals surface area contributed by atoms with Crippen molar-refractivity contribution in [3.05, 3.63) is 0 Å². The summed E-state index contributed by atoms with van der Waals surface area (Å²) in [6.07, 6.45) is 5.07. The van der Waals surface area contributed by atoms with Gasteiger partial charge in [0.25, 0.3) is 0 Å². The highest BCUT2D eigenvalue weighted by Crippen LogP contribution is 2.41. The Hall–Kier alpha value is -0.280. The van der Waals surface area contributed by atoms with E-state index in [1.807, 2.05) is 0 Å². The van der Waals surface area contributed by atoms with Crippen molar-refractivity contribution in [2.45, 2.75) is 38.1 Å². The molecule has 13 heavy (non-hydrogen) atoms. The number of hydrogen-bond acceptors (Lipinski definition) is 2. The minimum Gasteiger partial charge on any atom is -0.356 e. The number of carbonyl (C=O) groups excluding carboxylic acids is 1. The van der Waals surface area contributed by atoms with Gasteiger partial charge in [-0.25, -0.2) is 0 Å². The van der Waals surface area contributed by atoms with Gasteiger partial charge in [0.05, 0.1) is 5.41 Å². The molecule has 1 amide bonds. The summed E-state index contributed by atoms with van der Waals surface area (Å²) < 4.78 is 0. The summed E-state index contributed by atoms with van der Waals surface area (Å²) in [4.78, 5) is 11.5. The highest BCUT2D eigenvalue weighted by Gasteiger charge is 2.43. The third-order valence-corrected chi connectivity index (χ3v) is 3.36. The Labute approximate surface area is 84.9 Å². The van der Waals surface area contributed by atoms with Gasteiger partial charge in [-0.15, -0.1) is 12.4 Å². The predicted octanol–water partition coefficient (Wildman–Crippen LogP) is 0.816. The number of nitrogens with two attached hydrogens (primary N) is 1. The van der Waals surface area contributed by atoms with Crippen molar-refractivity contribution in [2.75, 3.05) is 6.54 Å². The van der Waals surface area contributed by atoms with E-state index in [4.69, 9.17) is 5.73 Å². The van der Waals surface area contributed by atoms with Gasteiger partial charge >= 0.3 is 0 Å². The molecular formula is C9H17ClN2O. The number of rotatable bonds is 0. The molecule has 3 N–H and O–H groups in total. The summed E-state index contributed by atoms with van der Waals surface area (Å²) >= 11 is 0. The molecule has 0 aromatic carbocycles. The van der Waals surface area contributed by atoms with Gasteiger partial charge in [0.2, 0.25) is 5.91 Å². The van der Waals surface area contributed by atoms with Crippen LogP contribution in [-0.4, -0.2) is 18.5 Å². The summed E-state index contributed by atoms with van der Waals surface area (Å²) in [5.41, 5.74) is 5.78. The highest BCUT2D eigenvalue weighted by molar-refractivity contribution is 5.85. The third-order valence-electron chi connectivity index (χ3n) is 3.36. The van der Waals surface area contributed by atoms with Crippen LogP contribution in [0.3, 0.4) is 0 Å². The number of halogens is 1. The zero-order valence-corrected chi connectivity index (χ0v) is 8.53. The fraction of sp³-hybridized carbons (Fsp3) is 0.889. The second-order valence-electron chi connectivity index (χ2n) is 4.12. The second kappa shape index (κ2) is 3.84. The minimum absolute atomic E-state index is 0. The van der Waals surface area contributed by atoms with Crippen LogP contribution in [0.4, 0.5) is 0 Å². The number of amides is 1. The molecule has 2 fully saturated rings. The number of carbonyl (C=O) groups is 1. The maximum atomic E-state index is 11.5. The zero-order valence-electron chi connectivity index (χ0n) is 7.71. The predicted molar refractivity (Wildman–Crippen MR) is 53.8 cm³/mol. The normalized spacial score (nSPS) is 38.5. The monoisotopic (exact) mass is 204 g/mol. The van der Waals surface area contributed by atoms with Crippen LogP contribution in [0.25, 0.3) is 0 Å². The zero-order chi connectivity index (χ0) is 8.60. The van der Waals surface area contributed by atoms with Gasteiger partial charge in [0.15, 0.2) is 0 Å². The summed E-state index contributed by atoms with van der Waals surface area (Å²) in [6.45, 7) is 0.869. The second-order valence-corrected chi connectivity index (χ2v) is 4.12. The van der Waals surface area contributed by atoms with Crippen molar-refractivity contribution in [3.63, 3.8) is 0 Å². The van der Waals surface area contributed by atoms with Crippen molar-refractivity contribution in [1.82, 2.24) is 5.32 Å². The van der Waals surface area contributed by atoms with Crippen LogP contribution in [0.5, 0.6) is 0 Å². The number of hydrogen-bond donors (Lipinski definition) is 2. The molecule has 2 aliphatic rings. The van der Waals surface area contributed by atoms with Crippen molar-refractivity contribution < 1.29 is 4.79 Å². The average molecular weight is 205 g/mol. The first-order valence-corrected chi connectivity index (χ1v) is 4.77. The molecule has 0 bridgehead atoms. The van der Waals surface area contributed by atoms with E-state index in [1.165, 1.54) is 0 Å². The van der Waals surface area contributed by atoms with Gasteiger partial charge in [0.1, 0.15) is 0 Å². The van der Waals surface area contributed by atoms with E-state index < -0.39 is 0 Å². The van der Waals surface area contributed by atoms with E-state index in [1.54, 1.807) is 0 Å². The van der Waals surface area contributed by atoms with Gasteiger partial charge in [0, 0.05) is 12.6 Å². The molecule has 1 aliphatic carbocycles. The lowest BCUT2D eigenvalue weighted by molar-refractivity contribution is -0.129. The molecule has 3 nitrogen and oxygen atoms in total. The Balaban J connectivity index is 0.000000845. The van der Waals surface area contributed by atoms with Crippen LogP contribution in [0.2, 0.25) is 0 Å². The molecule has 0 aromatic heterocycles. The smallest absolute Gasteiger partial charge is 0.226 e. The maximum Gasteiger partial charge on any atom is 0.226 e. The van der Waals surface area contributed by atoms with Crippen LogP contribution < -0.4 is 11.1 Å². The molecule has 76 valence electrons. The van der Waals surface area contributed by atoms with Crippen LogP contribution in [0.15, 0.2) is 0 Å². The van der Waals surface area contributed by atoms with E-state index in [-0.39, 0.29) is 23.7 Å². The summed E-state index contributed by atoms with van der Waals surface area (Å²) in [5.74, 6) is 0.273. The van der Waals surface area contributed by atoms with Crippen LogP contribution >= 0.6 is 12.4 Å². The molecule has 1 spiro atoms. The topological polar surface area (TPSA) is 55.1 Å². The van der Waals surface area contributed by atoms with Crippen LogP contribution in [0, 0.1) is 5.41 Å². The van der Waals surface area contributed by atoms with E-state index in [0.29, 0.717) is 6.04 Å². The van der Waals surface area contributed by atoms with E-state index in [9.17, 15) is 4.79 Å². The molecule has 1 heterocycles. The molecule has 0 atom stereocenters. The Bertz CT molecular complexity index is 200. The largest absolute Gasteiger partial charge is 0.356 e. The Morgan fingerprint density at radius 1 is 1.31 bits per heavy atom. The van der Waals surface area contributed by atoms with E-state index >= 15 is 0 Å². The van der Waals surface area contributed by atoms with Crippen molar-refractivity contribution in [2.24, 2.45) is 11.1 Å². The molecule has 0 radical (unpaired) electrons. The van der Waals surface area contributed by atoms with Gasteiger partial charge in [-0.05, 0) is 32.1 Å². The first kappa shape index (κ1) is 10.8. The van der Waals surface area contributed by atoms with Gasteiger partial charge in [-0.2, -0.15) is 0 Å². The van der Waals surface area contributed by atoms with E-state index in [2.05, 4.69) is 5.32 Å². The first-order valence-electron chi connectivity index (χ1n) is 4.77. The van der Waals surface area contributed by atoms with E-state index in [0.717, 1.165) is 38.6 Å². The standard InChI is InChI=1S/C9H16N2O.ClH/c10-7-1-3-9(4-2-7)5-6-11-8(9)12;/h7H,1-6,10H2,(H,11,12);1H. The summed E-state index contributed by atoms with van der Waals surface area (Å²) in [6, 6.07) is 0.337. The summed E-state index contributed by atoms with van der Waals surface area (Å²) in [7, 11) is 0. The highest BCUT2D eigenvalue weighted by atomic mass is 35.5. The third kappa shape index (κ3) is 1.81. The number of nitrogens with one attached hydrogen (secondary N) is 1. The Kier molecular flexibility index (Phi) is 3.19. The molecule has 0 unspecified atom stereocenters. The Morgan fingerprint density at radius 2 is 1.92 bits per heavy atom. The van der Waals surface area contributed by atoms with Crippen molar-refractivity contribution >= 4 is 18.3 Å². The molecular weight excluding hydrogens is 188 g/mol. The fourth-order valence-corrected chi connectivity index (χ4v) is 2.39. The van der Waals surface area contributed by atoms with Crippen LogP contribution in [0.1, 0.15) is 32.1 Å². The molecule has 1 aliphatic heterocycles. The van der Waals surface area contributed by atoms with Crippen LogP contribution in [-0.2, 0) is 4.79 Å². The lowest BCUT2D eigenvalue weighted by Gasteiger charge is -2.33. The molecule has 2 rings (SSSR count). The van der Waals surface area contributed by atoms with Gasteiger partial charge in [-0.1, -0.05) is 0 Å². The Morgan fingerprint density at radius 3 is 2.38 bits per heavy atom. The quantitative estimate of drug-likeness (QED) is 0.614. The van der Waals surface area contributed by atoms with Gasteiger partial charge < -0.3 is 11.1 Å². The minimum atomic E-state index is -0.0180. The lowest BCUT2D eigenvalue weighted by Crippen LogP contribution is -2.38. The first-order chi connectivity index (χ1) is 5.73. The summed E-state index contributed by atoms with van der Waals surface area (Å²) in [5, 5.41) is 2.92. The molecule has 4 heteroatoms.